The van der Waals surface area contributed by atoms with Gasteiger partial charge in [0.2, 0.25) is 0 Å². The fourth-order valence-electron chi connectivity index (χ4n) is 6.25. The Morgan fingerprint density at radius 3 is 1.59 bits per heavy atom. The Labute approximate surface area is 362 Å². The number of nitrogens with zero attached hydrogens (tertiary/aromatic N) is 1. The Morgan fingerprint density at radius 1 is 0.571 bits per heavy atom. The van der Waals surface area contributed by atoms with Crippen molar-refractivity contribution in [3.8, 4) is 28.6 Å². The van der Waals surface area contributed by atoms with Crippen molar-refractivity contribution in [2.45, 2.75) is 45.0 Å². The van der Waals surface area contributed by atoms with Crippen LogP contribution >= 0.6 is 22.7 Å². The minimum Gasteiger partial charge on any atom is -0.489 e. The lowest BCUT2D eigenvalue weighted by Gasteiger charge is -2.11. The van der Waals surface area contributed by atoms with Crippen molar-refractivity contribution in [3.05, 3.63) is 165 Å². The van der Waals surface area contributed by atoms with Gasteiger partial charge >= 0.3 is 24.3 Å². The molecule has 0 saturated carbocycles. The van der Waals surface area contributed by atoms with E-state index in [2.05, 4.69) is 5.16 Å². The van der Waals surface area contributed by atoms with Gasteiger partial charge in [0.1, 0.15) is 42.8 Å². The Bertz CT molecular complexity index is 2850. The number of carbonyl (C=O) groups is 2. The van der Waals surface area contributed by atoms with Crippen molar-refractivity contribution >= 4 is 54.8 Å². The van der Waals surface area contributed by atoms with Crippen molar-refractivity contribution in [1.29, 1.82) is 0 Å². The smallest absolute Gasteiger partial charge is 0.416 e. The third-order valence-corrected chi connectivity index (χ3v) is 11.4. The van der Waals surface area contributed by atoms with Crippen molar-refractivity contribution in [2.24, 2.45) is 0 Å². The van der Waals surface area contributed by atoms with Gasteiger partial charge in [-0.2, -0.15) is 26.3 Å². The van der Waals surface area contributed by atoms with E-state index >= 15 is 0 Å². The van der Waals surface area contributed by atoms with Crippen LogP contribution < -0.4 is 14.2 Å². The summed E-state index contributed by atoms with van der Waals surface area (Å²) in [5, 5.41) is 27.3. The summed E-state index contributed by atoms with van der Waals surface area (Å²) in [4.78, 5) is 21.9. The molecule has 3 aromatic heterocycles. The van der Waals surface area contributed by atoms with Gasteiger partial charge in [-0.15, -0.1) is 22.7 Å². The van der Waals surface area contributed by atoms with Gasteiger partial charge in [0.15, 0.2) is 5.76 Å². The highest BCUT2D eigenvalue weighted by atomic mass is 32.1. The summed E-state index contributed by atoms with van der Waals surface area (Å²) < 4.78 is 100. The monoisotopic (exact) mass is 905 g/mol. The van der Waals surface area contributed by atoms with E-state index in [4.69, 9.17) is 28.9 Å². The van der Waals surface area contributed by atoms with E-state index in [1.54, 1.807) is 18.2 Å². The predicted octanol–water partition coefficient (Wildman–Crippen LogP) is 12.5. The molecule has 9 nitrogen and oxygen atoms in total. The van der Waals surface area contributed by atoms with E-state index in [1.807, 2.05) is 59.3 Å². The fourth-order valence-corrected chi connectivity index (χ4v) is 8.23. The Hall–Kier alpha value is -6.85. The maximum atomic E-state index is 12.7. The molecule has 0 aliphatic heterocycles. The van der Waals surface area contributed by atoms with Crippen LogP contribution in [0.5, 0.6) is 17.2 Å². The first-order valence-corrected chi connectivity index (χ1v) is 20.5. The molecule has 0 spiro atoms. The summed E-state index contributed by atoms with van der Waals surface area (Å²) in [5.74, 6) is 0.435. The van der Waals surface area contributed by atoms with Gasteiger partial charge in [-0.1, -0.05) is 41.6 Å². The molecule has 0 unspecified atom stereocenters. The van der Waals surface area contributed by atoms with Crippen LogP contribution in [0.4, 0.5) is 26.3 Å². The molecule has 0 saturated heterocycles. The van der Waals surface area contributed by atoms with E-state index in [1.165, 1.54) is 46.9 Å². The first kappa shape index (κ1) is 44.2. The third-order valence-electron chi connectivity index (χ3n) is 9.37. The van der Waals surface area contributed by atoms with Gasteiger partial charge in [-0.3, -0.25) is 9.59 Å². The van der Waals surface area contributed by atoms with Gasteiger partial charge in [-0.25, -0.2) is 0 Å². The molecule has 0 aliphatic rings. The summed E-state index contributed by atoms with van der Waals surface area (Å²) >= 11 is 2.91. The standard InChI is InChI=1S/C25H19F3O4S.C21H14F3NO4S/c26-25(27,28)19-6-4-16(5-7-19)13-31-20-3-1-2-17(10-20)14-32-21-8-9-22-18(11-24(29)30)15-33-23(22)12-21;22-21(23,24)14-3-1-12(2-4-14)18-8-15(25-29-18)10-28-16-5-6-17-13(7-20(26)27)11-30-19(17)9-16/h1-10,12,15H,11,13-14H2,(H,29,30);1-6,8-9,11H,7,10H2,(H,26,27). The first-order chi connectivity index (χ1) is 30.1. The van der Waals surface area contributed by atoms with E-state index in [9.17, 15) is 35.9 Å². The van der Waals surface area contributed by atoms with Crippen LogP contribution in [0.1, 0.15) is 39.1 Å². The maximum Gasteiger partial charge on any atom is 0.416 e. The van der Waals surface area contributed by atoms with Gasteiger partial charge in [0.25, 0.3) is 0 Å². The first-order valence-electron chi connectivity index (χ1n) is 18.8. The van der Waals surface area contributed by atoms with Crippen molar-refractivity contribution in [1.82, 2.24) is 5.16 Å². The van der Waals surface area contributed by atoms with E-state index in [0.717, 1.165) is 61.1 Å². The zero-order valence-corrected chi connectivity index (χ0v) is 34.2. The molecule has 324 valence electrons. The Morgan fingerprint density at radius 2 is 1.06 bits per heavy atom. The van der Waals surface area contributed by atoms with E-state index in [-0.39, 0.29) is 26.1 Å². The molecule has 0 aliphatic carbocycles. The number of aromatic nitrogens is 1. The second-order valence-corrected chi connectivity index (χ2v) is 15.8. The average Bonchev–Trinajstić information content (AvgIpc) is 4.00. The molecular weight excluding hydrogens is 873 g/mol. The number of carboxylic acid groups (broad SMARTS) is 2. The van der Waals surface area contributed by atoms with Crippen molar-refractivity contribution in [3.63, 3.8) is 0 Å². The molecule has 0 fully saturated rings. The lowest BCUT2D eigenvalue weighted by Crippen LogP contribution is -2.05. The normalized spacial score (nSPS) is 11.6. The van der Waals surface area contributed by atoms with Crippen LogP contribution in [-0.2, 0) is 54.6 Å². The molecule has 0 atom stereocenters. The molecule has 3 heterocycles. The molecular formula is C46H33F6NO8S2. The number of hydrogen-bond donors (Lipinski definition) is 2. The molecule has 0 amide bonds. The van der Waals surface area contributed by atoms with Crippen LogP contribution in [0.3, 0.4) is 0 Å². The number of fused-ring (bicyclic) bond motifs is 2. The molecule has 0 bridgehead atoms. The Balaban J connectivity index is 0.000000190. The molecule has 2 N–H and O–H groups in total. The fraction of sp³-hybridized carbons (Fsp3) is 0.152. The largest absolute Gasteiger partial charge is 0.489 e. The number of alkyl halides is 6. The van der Waals surface area contributed by atoms with Crippen molar-refractivity contribution < 1.29 is 64.9 Å². The van der Waals surface area contributed by atoms with Crippen molar-refractivity contribution in [2.75, 3.05) is 0 Å². The van der Waals surface area contributed by atoms with Crippen LogP contribution in [0.25, 0.3) is 31.5 Å². The quantitative estimate of drug-likeness (QED) is 0.102. The highest BCUT2D eigenvalue weighted by molar-refractivity contribution is 7.17. The zero-order chi connectivity index (χ0) is 44.7. The minimum absolute atomic E-state index is 0.0144. The SMILES string of the molecule is O=C(O)Cc1csc2cc(OCc3cc(-c4ccc(C(F)(F)F)cc4)on3)ccc12.O=C(O)Cc1csc2cc(OCc3cccc(OCc4ccc(C(F)(F)F)cc4)c3)ccc12. The number of hydrogen-bond acceptors (Lipinski definition) is 9. The molecule has 8 aromatic rings. The second kappa shape index (κ2) is 19.0. The number of rotatable bonds is 14. The van der Waals surface area contributed by atoms with Crippen LogP contribution in [0.2, 0.25) is 0 Å². The third kappa shape index (κ3) is 11.7. The van der Waals surface area contributed by atoms with E-state index in [0.29, 0.717) is 46.4 Å². The molecule has 5 aromatic carbocycles. The topological polar surface area (TPSA) is 128 Å². The number of benzene rings is 5. The van der Waals surface area contributed by atoms with E-state index < -0.39 is 35.4 Å². The lowest BCUT2D eigenvalue weighted by molar-refractivity contribution is -0.138. The van der Waals surface area contributed by atoms with Crippen LogP contribution in [0.15, 0.2) is 131 Å². The number of halogens is 6. The number of thiophene rings is 2. The summed E-state index contributed by atoms with van der Waals surface area (Å²) in [6.45, 7) is 0.565. The average molecular weight is 906 g/mol. The van der Waals surface area contributed by atoms with Gasteiger partial charge < -0.3 is 28.9 Å². The van der Waals surface area contributed by atoms with Gasteiger partial charge in [0, 0.05) is 21.0 Å². The summed E-state index contributed by atoms with van der Waals surface area (Å²) in [5.41, 5.74) is 2.59. The lowest BCUT2D eigenvalue weighted by atomic mass is 10.1. The Kier molecular flexibility index (Phi) is 13.4. The number of ether oxygens (including phenoxy) is 3. The van der Waals surface area contributed by atoms with Gasteiger partial charge in [-0.05, 0) is 117 Å². The predicted molar refractivity (Wildman–Crippen MR) is 224 cm³/mol. The van der Waals surface area contributed by atoms with Crippen LogP contribution in [0, 0.1) is 0 Å². The molecule has 63 heavy (non-hydrogen) atoms. The summed E-state index contributed by atoms with van der Waals surface area (Å²) in [6, 6.07) is 29.4. The molecule has 8 rings (SSSR count). The minimum atomic E-state index is -4.39. The van der Waals surface area contributed by atoms with Crippen LogP contribution in [-0.4, -0.2) is 27.3 Å². The van der Waals surface area contributed by atoms with Gasteiger partial charge in [0.05, 0.1) is 24.0 Å². The summed E-state index contributed by atoms with van der Waals surface area (Å²) in [6.07, 6.45) is -8.80. The number of carboxylic acids is 2. The summed E-state index contributed by atoms with van der Waals surface area (Å²) in [7, 11) is 0. The maximum absolute atomic E-state index is 12.7. The highest BCUT2D eigenvalue weighted by Gasteiger charge is 2.31. The second-order valence-electron chi connectivity index (χ2n) is 13.9. The molecule has 0 radical (unpaired) electrons. The highest BCUT2D eigenvalue weighted by Crippen LogP contribution is 2.34. The molecule has 17 heteroatoms. The zero-order valence-electron chi connectivity index (χ0n) is 32.5. The number of aliphatic carboxylic acids is 2.